The molecule has 0 aliphatic carbocycles. The van der Waals surface area contributed by atoms with Gasteiger partial charge >= 0.3 is 5.97 Å². The Morgan fingerprint density at radius 1 is 1.45 bits per heavy atom. The highest BCUT2D eigenvalue weighted by Crippen LogP contribution is 2.36. The van der Waals surface area contributed by atoms with Crippen molar-refractivity contribution in [1.29, 1.82) is 0 Å². The summed E-state index contributed by atoms with van der Waals surface area (Å²) in [7, 11) is 0. The molecule has 1 aliphatic heterocycles. The molecule has 150 valence electrons. The molecular weight excluding hydrogens is 440 g/mol. The molecule has 0 bridgehead atoms. The van der Waals surface area contributed by atoms with E-state index >= 15 is 0 Å². The summed E-state index contributed by atoms with van der Waals surface area (Å²) in [6.07, 6.45) is 1.69. The van der Waals surface area contributed by atoms with Gasteiger partial charge in [0.2, 0.25) is 0 Å². The standard InChI is InChI=1S/C18H13ClN2O6S2/c1-2-13(17(23)24)20-16(22)15(29-18(20)28)8-10-4-6-14(27-10)11-5-3-9(21(25)26)7-12(11)19/h3-8,13H,2H2,1H3,(H,23,24)/b15-8+/t13-/m0/s1. The van der Waals surface area contributed by atoms with Gasteiger partial charge < -0.3 is 9.52 Å². The Hall–Kier alpha value is -2.69. The zero-order valence-corrected chi connectivity index (χ0v) is 17.2. The quantitative estimate of drug-likeness (QED) is 0.293. The van der Waals surface area contributed by atoms with Crippen molar-refractivity contribution < 1.29 is 24.0 Å². The number of furan rings is 1. The molecule has 29 heavy (non-hydrogen) atoms. The molecule has 0 radical (unpaired) electrons. The van der Waals surface area contributed by atoms with Crippen LogP contribution in [-0.2, 0) is 9.59 Å². The van der Waals surface area contributed by atoms with Gasteiger partial charge in [0.05, 0.1) is 14.9 Å². The van der Waals surface area contributed by atoms with Crippen molar-refractivity contribution in [2.75, 3.05) is 0 Å². The highest BCUT2D eigenvalue weighted by atomic mass is 35.5. The number of carboxylic acids is 1. The largest absolute Gasteiger partial charge is 0.480 e. The van der Waals surface area contributed by atoms with Crippen LogP contribution < -0.4 is 0 Å². The van der Waals surface area contributed by atoms with E-state index in [9.17, 15) is 24.8 Å². The molecule has 0 saturated carbocycles. The summed E-state index contributed by atoms with van der Waals surface area (Å²) in [5.41, 5.74) is 0.319. The lowest BCUT2D eigenvalue weighted by atomic mass is 10.1. The van der Waals surface area contributed by atoms with Crippen LogP contribution in [0.15, 0.2) is 39.7 Å². The molecule has 0 spiro atoms. The molecule has 1 amide bonds. The number of non-ortho nitro benzene ring substituents is 1. The average molecular weight is 453 g/mol. The molecule has 2 aromatic rings. The van der Waals surface area contributed by atoms with Crippen LogP contribution in [0.5, 0.6) is 0 Å². The van der Waals surface area contributed by atoms with Crippen LogP contribution in [0, 0.1) is 10.1 Å². The molecule has 11 heteroatoms. The van der Waals surface area contributed by atoms with Crippen molar-refractivity contribution in [3.63, 3.8) is 0 Å². The Morgan fingerprint density at radius 2 is 2.17 bits per heavy atom. The van der Waals surface area contributed by atoms with Crippen LogP contribution in [0.4, 0.5) is 5.69 Å². The fourth-order valence-electron chi connectivity index (χ4n) is 2.74. The Kier molecular flexibility index (Phi) is 6.06. The van der Waals surface area contributed by atoms with E-state index in [-0.39, 0.29) is 26.4 Å². The first-order chi connectivity index (χ1) is 13.7. The van der Waals surface area contributed by atoms with Gasteiger partial charge in [-0.25, -0.2) is 4.79 Å². The number of hydrogen-bond acceptors (Lipinski definition) is 7. The number of halogens is 1. The molecule has 1 aromatic carbocycles. The van der Waals surface area contributed by atoms with E-state index in [1.54, 1.807) is 19.1 Å². The van der Waals surface area contributed by atoms with Crippen molar-refractivity contribution in [2.45, 2.75) is 19.4 Å². The van der Waals surface area contributed by atoms with Crippen molar-refractivity contribution in [3.8, 4) is 11.3 Å². The number of aliphatic carboxylic acids is 1. The van der Waals surface area contributed by atoms with Gasteiger partial charge in [0.15, 0.2) is 0 Å². The number of rotatable bonds is 6. The molecule has 1 saturated heterocycles. The van der Waals surface area contributed by atoms with Gasteiger partial charge in [-0.05, 0) is 24.6 Å². The van der Waals surface area contributed by atoms with Crippen LogP contribution >= 0.6 is 35.6 Å². The number of hydrogen-bond donors (Lipinski definition) is 1. The van der Waals surface area contributed by atoms with Gasteiger partial charge in [-0.1, -0.05) is 42.5 Å². The Bertz CT molecular complexity index is 1060. The summed E-state index contributed by atoms with van der Waals surface area (Å²) in [6, 6.07) is 6.20. The number of nitro benzene ring substituents is 1. The first-order valence-corrected chi connectivity index (χ1v) is 9.87. The molecule has 1 fully saturated rings. The number of amides is 1. The lowest BCUT2D eigenvalue weighted by Crippen LogP contribution is -2.43. The number of benzene rings is 1. The van der Waals surface area contributed by atoms with Gasteiger partial charge in [0.1, 0.15) is 21.9 Å². The molecule has 1 N–H and O–H groups in total. The normalized spacial score (nSPS) is 16.5. The molecule has 1 aromatic heterocycles. The molecule has 1 aliphatic rings. The molecule has 1 atom stereocenters. The number of thioether (sulfide) groups is 1. The number of carbonyl (C=O) groups is 2. The van der Waals surface area contributed by atoms with Crippen LogP contribution in [0.1, 0.15) is 19.1 Å². The maximum Gasteiger partial charge on any atom is 0.326 e. The SMILES string of the molecule is CC[C@@H](C(=O)O)N1C(=O)/C(=C\c2ccc(-c3ccc([N+](=O)[O-])cc3Cl)o2)SC1=S. The van der Waals surface area contributed by atoms with Gasteiger partial charge in [0.25, 0.3) is 11.6 Å². The summed E-state index contributed by atoms with van der Waals surface area (Å²) in [5.74, 6) is -0.930. The van der Waals surface area contributed by atoms with Crippen LogP contribution in [0.3, 0.4) is 0 Å². The summed E-state index contributed by atoms with van der Waals surface area (Å²) in [5, 5.41) is 20.3. The summed E-state index contributed by atoms with van der Waals surface area (Å²) >= 11 is 12.3. The zero-order chi connectivity index (χ0) is 21.3. The van der Waals surface area contributed by atoms with Gasteiger partial charge in [-0.2, -0.15) is 0 Å². The minimum atomic E-state index is -1.13. The molecule has 8 nitrogen and oxygen atoms in total. The van der Waals surface area contributed by atoms with E-state index in [2.05, 4.69) is 0 Å². The fraction of sp³-hybridized carbons (Fsp3) is 0.167. The van der Waals surface area contributed by atoms with Crippen molar-refractivity contribution in [3.05, 3.63) is 56.1 Å². The van der Waals surface area contributed by atoms with E-state index in [1.165, 1.54) is 24.3 Å². The van der Waals surface area contributed by atoms with E-state index in [1.807, 2.05) is 0 Å². The van der Waals surface area contributed by atoms with E-state index in [4.69, 9.17) is 28.2 Å². The van der Waals surface area contributed by atoms with Crippen molar-refractivity contribution in [2.24, 2.45) is 0 Å². The third-order valence-corrected chi connectivity index (χ3v) is 5.78. The zero-order valence-electron chi connectivity index (χ0n) is 14.8. The summed E-state index contributed by atoms with van der Waals surface area (Å²) in [6.45, 7) is 1.66. The number of nitro groups is 1. The molecule has 0 unspecified atom stereocenters. The average Bonchev–Trinajstić information content (AvgIpc) is 3.22. The third kappa shape index (κ3) is 4.19. The minimum absolute atomic E-state index is 0.141. The first kappa shape index (κ1) is 21.0. The van der Waals surface area contributed by atoms with Gasteiger partial charge in [0, 0.05) is 23.8 Å². The first-order valence-electron chi connectivity index (χ1n) is 8.27. The van der Waals surface area contributed by atoms with E-state index in [0.29, 0.717) is 17.1 Å². The maximum absolute atomic E-state index is 12.6. The second kappa shape index (κ2) is 8.36. The Morgan fingerprint density at radius 3 is 2.76 bits per heavy atom. The lowest BCUT2D eigenvalue weighted by molar-refractivity contribution is -0.384. The van der Waals surface area contributed by atoms with Crippen LogP contribution in [0.25, 0.3) is 17.4 Å². The number of thiocarbonyl (C=S) groups is 1. The summed E-state index contributed by atoms with van der Waals surface area (Å²) < 4.78 is 5.86. The monoisotopic (exact) mass is 452 g/mol. The smallest absolute Gasteiger partial charge is 0.326 e. The topological polar surface area (TPSA) is 114 Å². The molecular formula is C18H13ClN2O6S2. The third-order valence-electron chi connectivity index (χ3n) is 4.14. The van der Waals surface area contributed by atoms with Crippen molar-refractivity contribution >= 4 is 63.5 Å². The Labute approximate surface area is 179 Å². The maximum atomic E-state index is 12.6. The van der Waals surface area contributed by atoms with Crippen LogP contribution in [0.2, 0.25) is 5.02 Å². The number of carbonyl (C=O) groups excluding carboxylic acids is 1. The lowest BCUT2D eigenvalue weighted by Gasteiger charge is -2.21. The second-order valence-electron chi connectivity index (χ2n) is 5.94. The molecule has 3 rings (SSSR count). The minimum Gasteiger partial charge on any atom is -0.480 e. The summed E-state index contributed by atoms with van der Waals surface area (Å²) in [4.78, 5) is 35.6. The van der Waals surface area contributed by atoms with E-state index < -0.39 is 22.8 Å². The van der Waals surface area contributed by atoms with Crippen molar-refractivity contribution in [1.82, 2.24) is 4.90 Å². The van der Waals surface area contributed by atoms with Gasteiger partial charge in [-0.15, -0.1) is 0 Å². The number of nitrogens with zero attached hydrogens (tertiary/aromatic N) is 2. The van der Waals surface area contributed by atoms with Gasteiger partial charge in [-0.3, -0.25) is 19.8 Å². The second-order valence-corrected chi connectivity index (χ2v) is 8.02. The molecule has 2 heterocycles. The predicted octanol–water partition coefficient (Wildman–Crippen LogP) is 4.57. The highest BCUT2D eigenvalue weighted by molar-refractivity contribution is 8.26. The predicted molar refractivity (Wildman–Crippen MR) is 113 cm³/mol. The van der Waals surface area contributed by atoms with E-state index in [0.717, 1.165) is 16.7 Å². The highest BCUT2D eigenvalue weighted by Gasteiger charge is 2.39. The Balaban J connectivity index is 1.87. The van der Waals surface area contributed by atoms with Crippen LogP contribution in [-0.4, -0.2) is 37.2 Å². The fourth-order valence-corrected chi connectivity index (χ4v) is 4.34. The number of carboxylic acid groups (broad SMARTS) is 1.